The molecule has 2 heterocycles. The van der Waals surface area contributed by atoms with Gasteiger partial charge in [-0.25, -0.2) is 9.67 Å². The van der Waals surface area contributed by atoms with Crippen LogP contribution in [0.1, 0.15) is 21.7 Å². The minimum Gasteiger partial charge on any atom is -0.306 e. The Morgan fingerprint density at radius 3 is 2.52 bits per heavy atom. The molecule has 3 aromatic rings. The third kappa shape index (κ3) is 3.10. The molecule has 116 valence electrons. The van der Waals surface area contributed by atoms with Crippen LogP contribution < -0.4 is 5.32 Å². The standard InChI is InChI=1S/C17H15ClN4O/c1-11-7-6-10-14(19-11)20-17(23)15-12(2)21-22(16(15)18)13-8-4-3-5-9-13/h3-10H,1-2H3,(H,19,20,23). The summed E-state index contributed by atoms with van der Waals surface area (Å²) < 4.78 is 1.55. The summed E-state index contributed by atoms with van der Waals surface area (Å²) in [5.41, 5.74) is 2.53. The number of rotatable bonds is 3. The van der Waals surface area contributed by atoms with E-state index in [0.29, 0.717) is 17.1 Å². The van der Waals surface area contributed by atoms with Crippen LogP contribution in [-0.4, -0.2) is 20.7 Å². The number of hydrogen-bond acceptors (Lipinski definition) is 3. The van der Waals surface area contributed by atoms with Crippen molar-refractivity contribution in [1.29, 1.82) is 0 Å². The van der Waals surface area contributed by atoms with Gasteiger partial charge in [0.25, 0.3) is 5.91 Å². The maximum atomic E-state index is 12.5. The van der Waals surface area contributed by atoms with E-state index >= 15 is 0 Å². The summed E-state index contributed by atoms with van der Waals surface area (Å²) in [7, 11) is 0. The molecule has 1 aromatic carbocycles. The van der Waals surface area contributed by atoms with Gasteiger partial charge in [-0.15, -0.1) is 0 Å². The number of nitrogens with zero attached hydrogens (tertiary/aromatic N) is 3. The molecule has 0 radical (unpaired) electrons. The number of carbonyl (C=O) groups is 1. The molecule has 0 bridgehead atoms. The van der Waals surface area contributed by atoms with E-state index in [4.69, 9.17) is 11.6 Å². The molecule has 0 saturated heterocycles. The van der Waals surface area contributed by atoms with Crippen LogP contribution in [0.4, 0.5) is 5.82 Å². The van der Waals surface area contributed by atoms with Crippen molar-refractivity contribution in [1.82, 2.24) is 14.8 Å². The number of benzene rings is 1. The fourth-order valence-corrected chi connectivity index (χ4v) is 2.65. The maximum absolute atomic E-state index is 12.5. The molecule has 0 saturated carbocycles. The first kappa shape index (κ1) is 15.2. The van der Waals surface area contributed by atoms with Gasteiger partial charge in [0.1, 0.15) is 16.5 Å². The van der Waals surface area contributed by atoms with Crippen LogP contribution in [0.15, 0.2) is 48.5 Å². The average molecular weight is 327 g/mol. The van der Waals surface area contributed by atoms with Crippen molar-refractivity contribution >= 4 is 23.3 Å². The van der Waals surface area contributed by atoms with Crippen molar-refractivity contribution in [2.24, 2.45) is 0 Å². The van der Waals surface area contributed by atoms with Gasteiger partial charge in [-0.2, -0.15) is 5.10 Å². The molecule has 0 spiro atoms. The minimum absolute atomic E-state index is 0.277. The lowest BCUT2D eigenvalue weighted by Gasteiger charge is -2.05. The number of para-hydroxylation sites is 1. The molecule has 1 N–H and O–H groups in total. The second-order valence-electron chi connectivity index (χ2n) is 5.12. The van der Waals surface area contributed by atoms with Gasteiger partial charge in [0.2, 0.25) is 0 Å². The largest absolute Gasteiger partial charge is 0.306 e. The van der Waals surface area contributed by atoms with Gasteiger partial charge in [0.05, 0.1) is 11.4 Å². The number of aromatic nitrogens is 3. The summed E-state index contributed by atoms with van der Waals surface area (Å²) in [6.45, 7) is 3.62. The van der Waals surface area contributed by atoms with Crippen LogP contribution in [0.25, 0.3) is 5.69 Å². The van der Waals surface area contributed by atoms with E-state index in [1.54, 1.807) is 17.7 Å². The van der Waals surface area contributed by atoms with Gasteiger partial charge in [0, 0.05) is 5.69 Å². The smallest absolute Gasteiger partial charge is 0.261 e. The lowest BCUT2D eigenvalue weighted by Crippen LogP contribution is -2.14. The second kappa shape index (κ2) is 6.22. The van der Waals surface area contributed by atoms with Gasteiger partial charge in [-0.1, -0.05) is 35.9 Å². The summed E-state index contributed by atoms with van der Waals surface area (Å²) in [5, 5.41) is 7.40. The van der Waals surface area contributed by atoms with E-state index in [-0.39, 0.29) is 11.1 Å². The Kier molecular flexibility index (Phi) is 4.12. The van der Waals surface area contributed by atoms with Crippen molar-refractivity contribution in [2.45, 2.75) is 13.8 Å². The Labute approximate surface area is 138 Å². The second-order valence-corrected chi connectivity index (χ2v) is 5.47. The summed E-state index contributed by atoms with van der Waals surface area (Å²) in [6.07, 6.45) is 0. The Morgan fingerprint density at radius 1 is 1.09 bits per heavy atom. The summed E-state index contributed by atoms with van der Waals surface area (Å²) >= 11 is 6.38. The maximum Gasteiger partial charge on any atom is 0.261 e. The van der Waals surface area contributed by atoms with Crippen LogP contribution in [-0.2, 0) is 0 Å². The molecule has 2 aromatic heterocycles. The van der Waals surface area contributed by atoms with Crippen molar-refractivity contribution in [3.63, 3.8) is 0 Å². The first-order chi connectivity index (χ1) is 11.1. The molecular weight excluding hydrogens is 312 g/mol. The molecule has 0 atom stereocenters. The van der Waals surface area contributed by atoms with E-state index in [0.717, 1.165) is 11.4 Å². The molecule has 3 rings (SSSR count). The lowest BCUT2D eigenvalue weighted by molar-refractivity contribution is 0.102. The van der Waals surface area contributed by atoms with E-state index in [1.807, 2.05) is 49.4 Å². The number of carbonyl (C=O) groups excluding carboxylic acids is 1. The third-order valence-electron chi connectivity index (χ3n) is 3.36. The SMILES string of the molecule is Cc1cccc(NC(=O)c2c(C)nn(-c3ccccc3)c2Cl)n1. The molecule has 0 aliphatic heterocycles. The topological polar surface area (TPSA) is 59.8 Å². The van der Waals surface area contributed by atoms with Gasteiger partial charge >= 0.3 is 0 Å². The zero-order chi connectivity index (χ0) is 16.4. The van der Waals surface area contributed by atoms with E-state index < -0.39 is 0 Å². The van der Waals surface area contributed by atoms with Crippen LogP contribution in [0.3, 0.4) is 0 Å². The Hall–Kier alpha value is -2.66. The van der Waals surface area contributed by atoms with Crippen molar-refractivity contribution in [2.75, 3.05) is 5.32 Å². The van der Waals surface area contributed by atoms with Gasteiger partial charge in [0.15, 0.2) is 0 Å². The highest BCUT2D eigenvalue weighted by Crippen LogP contribution is 2.24. The van der Waals surface area contributed by atoms with Gasteiger partial charge < -0.3 is 5.32 Å². The molecule has 0 aliphatic rings. The number of amides is 1. The quantitative estimate of drug-likeness (QED) is 0.796. The number of hydrogen-bond donors (Lipinski definition) is 1. The summed E-state index contributed by atoms with van der Waals surface area (Å²) in [4.78, 5) is 16.8. The Morgan fingerprint density at radius 2 is 1.83 bits per heavy atom. The molecule has 5 nitrogen and oxygen atoms in total. The Balaban J connectivity index is 1.94. The van der Waals surface area contributed by atoms with Crippen LogP contribution in [0, 0.1) is 13.8 Å². The fraction of sp³-hybridized carbons (Fsp3) is 0.118. The molecule has 0 aliphatic carbocycles. The van der Waals surface area contributed by atoms with Crippen LogP contribution in [0.2, 0.25) is 5.15 Å². The molecule has 1 amide bonds. The molecule has 0 fully saturated rings. The minimum atomic E-state index is -0.326. The highest BCUT2D eigenvalue weighted by atomic mass is 35.5. The molecule has 23 heavy (non-hydrogen) atoms. The van der Waals surface area contributed by atoms with Crippen molar-refractivity contribution < 1.29 is 4.79 Å². The number of anilines is 1. The normalized spacial score (nSPS) is 10.6. The first-order valence-corrected chi connectivity index (χ1v) is 7.49. The number of nitrogens with one attached hydrogen (secondary N) is 1. The highest BCUT2D eigenvalue weighted by Gasteiger charge is 2.21. The van der Waals surface area contributed by atoms with E-state index in [2.05, 4.69) is 15.4 Å². The fourth-order valence-electron chi connectivity index (χ4n) is 2.29. The first-order valence-electron chi connectivity index (χ1n) is 7.12. The summed E-state index contributed by atoms with van der Waals surface area (Å²) in [5.74, 6) is 0.158. The summed E-state index contributed by atoms with van der Waals surface area (Å²) in [6, 6.07) is 14.9. The van der Waals surface area contributed by atoms with Crippen LogP contribution in [0.5, 0.6) is 0 Å². The third-order valence-corrected chi connectivity index (χ3v) is 3.71. The van der Waals surface area contributed by atoms with Gasteiger partial charge in [-0.05, 0) is 38.1 Å². The van der Waals surface area contributed by atoms with E-state index in [9.17, 15) is 4.79 Å². The molecule has 6 heteroatoms. The van der Waals surface area contributed by atoms with Gasteiger partial charge in [-0.3, -0.25) is 4.79 Å². The number of aryl methyl sites for hydroxylation is 2. The number of halogens is 1. The molecule has 0 unspecified atom stereocenters. The predicted octanol–water partition coefficient (Wildman–Crippen LogP) is 3.79. The lowest BCUT2D eigenvalue weighted by atomic mass is 10.2. The monoisotopic (exact) mass is 326 g/mol. The highest BCUT2D eigenvalue weighted by molar-refractivity contribution is 6.34. The zero-order valence-electron chi connectivity index (χ0n) is 12.7. The van der Waals surface area contributed by atoms with Crippen LogP contribution >= 0.6 is 11.6 Å². The molecular formula is C17H15ClN4O. The van der Waals surface area contributed by atoms with Crippen molar-refractivity contribution in [3.05, 3.63) is 70.6 Å². The Bertz CT molecular complexity index is 858. The predicted molar refractivity (Wildman–Crippen MR) is 90.2 cm³/mol. The number of pyridine rings is 1. The average Bonchev–Trinajstić information content (AvgIpc) is 2.83. The van der Waals surface area contributed by atoms with Crippen molar-refractivity contribution in [3.8, 4) is 5.69 Å². The zero-order valence-corrected chi connectivity index (χ0v) is 13.5. The van der Waals surface area contributed by atoms with E-state index in [1.165, 1.54) is 0 Å².